The first kappa shape index (κ1) is 19.2. The number of sulfonamides is 1. The second-order valence-electron chi connectivity index (χ2n) is 6.10. The molecule has 0 fully saturated rings. The minimum absolute atomic E-state index is 0.143. The van der Waals surface area contributed by atoms with Crippen molar-refractivity contribution < 1.29 is 13.2 Å². The number of benzene rings is 2. The summed E-state index contributed by atoms with van der Waals surface area (Å²) in [5, 5.41) is 5.78. The summed E-state index contributed by atoms with van der Waals surface area (Å²) in [4.78, 5) is 17.1. The fraction of sp³-hybridized carbons (Fsp3) is 0.158. The zero-order valence-corrected chi connectivity index (χ0v) is 16.8. The van der Waals surface area contributed by atoms with Crippen molar-refractivity contribution in [1.82, 2.24) is 9.29 Å². The molecule has 2 aromatic carbocycles. The van der Waals surface area contributed by atoms with E-state index < -0.39 is 10.0 Å². The maximum atomic E-state index is 12.5. The number of aromatic nitrogens is 1. The quantitative estimate of drug-likeness (QED) is 0.708. The molecule has 0 spiro atoms. The van der Waals surface area contributed by atoms with E-state index in [2.05, 4.69) is 10.3 Å². The van der Waals surface area contributed by atoms with E-state index in [1.807, 2.05) is 30.5 Å². The van der Waals surface area contributed by atoms with Gasteiger partial charge in [-0.3, -0.25) is 4.79 Å². The number of nitrogens with one attached hydrogen (secondary N) is 1. The third-order valence-electron chi connectivity index (χ3n) is 3.93. The van der Waals surface area contributed by atoms with Crippen LogP contribution in [0.4, 0.5) is 5.69 Å². The summed E-state index contributed by atoms with van der Waals surface area (Å²) < 4.78 is 25.3. The number of rotatable bonds is 5. The second kappa shape index (κ2) is 7.59. The van der Waals surface area contributed by atoms with Crippen LogP contribution >= 0.6 is 11.3 Å². The fourth-order valence-corrected chi connectivity index (χ4v) is 3.97. The van der Waals surface area contributed by atoms with Crippen molar-refractivity contribution in [3.63, 3.8) is 0 Å². The van der Waals surface area contributed by atoms with Gasteiger partial charge in [0.05, 0.1) is 15.6 Å². The number of carbonyl (C=O) groups is 1. The third-order valence-corrected chi connectivity index (χ3v) is 6.53. The van der Waals surface area contributed by atoms with Crippen LogP contribution in [-0.4, -0.2) is 37.7 Å². The van der Waals surface area contributed by atoms with Gasteiger partial charge in [-0.2, -0.15) is 0 Å². The van der Waals surface area contributed by atoms with Crippen LogP contribution in [0.1, 0.15) is 15.4 Å². The van der Waals surface area contributed by atoms with Gasteiger partial charge in [0.25, 0.3) is 5.91 Å². The topological polar surface area (TPSA) is 79.4 Å². The lowest BCUT2D eigenvalue weighted by Crippen LogP contribution is -2.22. The van der Waals surface area contributed by atoms with Crippen molar-refractivity contribution in [2.75, 3.05) is 19.4 Å². The van der Waals surface area contributed by atoms with Crippen LogP contribution in [0.5, 0.6) is 0 Å². The van der Waals surface area contributed by atoms with E-state index in [0.29, 0.717) is 11.3 Å². The molecule has 0 atom stereocenters. The molecule has 3 aromatic rings. The summed E-state index contributed by atoms with van der Waals surface area (Å²) in [6.07, 6.45) is 0. The summed E-state index contributed by atoms with van der Waals surface area (Å²) in [6.45, 7) is 1.94. The Kier molecular flexibility index (Phi) is 5.41. The molecule has 0 aliphatic rings. The van der Waals surface area contributed by atoms with Gasteiger partial charge < -0.3 is 5.32 Å². The van der Waals surface area contributed by atoms with Gasteiger partial charge in [-0.05, 0) is 43.3 Å². The van der Waals surface area contributed by atoms with E-state index in [4.69, 9.17) is 0 Å². The van der Waals surface area contributed by atoms with E-state index >= 15 is 0 Å². The molecule has 6 nitrogen and oxygen atoms in total. The fourth-order valence-electron chi connectivity index (χ4n) is 2.44. The van der Waals surface area contributed by atoms with Gasteiger partial charge in [-0.15, -0.1) is 11.3 Å². The molecule has 8 heteroatoms. The number of hydrogen-bond donors (Lipinski definition) is 1. The first-order valence-electron chi connectivity index (χ1n) is 8.14. The van der Waals surface area contributed by atoms with Crippen molar-refractivity contribution >= 4 is 33.0 Å². The van der Waals surface area contributed by atoms with Crippen molar-refractivity contribution in [3.05, 3.63) is 64.5 Å². The largest absolute Gasteiger partial charge is 0.322 e. The Morgan fingerprint density at radius 1 is 1.11 bits per heavy atom. The van der Waals surface area contributed by atoms with Crippen molar-refractivity contribution in [1.29, 1.82) is 0 Å². The van der Waals surface area contributed by atoms with Crippen molar-refractivity contribution in [2.45, 2.75) is 11.8 Å². The summed E-state index contributed by atoms with van der Waals surface area (Å²) in [6, 6.07) is 13.3. The monoisotopic (exact) mass is 401 g/mol. The molecule has 140 valence electrons. The van der Waals surface area contributed by atoms with Gasteiger partial charge in [-0.1, -0.05) is 12.1 Å². The minimum Gasteiger partial charge on any atom is -0.322 e. The summed E-state index contributed by atoms with van der Waals surface area (Å²) in [5.74, 6) is -0.310. The molecule has 0 aliphatic carbocycles. The average molecular weight is 402 g/mol. The van der Waals surface area contributed by atoms with Gasteiger partial charge in [-0.25, -0.2) is 17.7 Å². The molecule has 1 heterocycles. The van der Waals surface area contributed by atoms with E-state index in [-0.39, 0.29) is 10.8 Å². The van der Waals surface area contributed by atoms with Crippen LogP contribution < -0.4 is 5.32 Å². The molecule has 0 aliphatic heterocycles. The molecule has 1 aromatic heterocycles. The van der Waals surface area contributed by atoms with Crippen LogP contribution in [0, 0.1) is 6.92 Å². The molecule has 0 bridgehead atoms. The Bertz CT molecular complexity index is 1070. The SMILES string of the molecule is Cc1nc(-c2cccc(NC(=O)c3ccc(S(=O)(=O)N(C)C)cc3)c2)cs1. The highest BCUT2D eigenvalue weighted by atomic mass is 32.2. The van der Waals surface area contributed by atoms with Crippen LogP contribution in [0.3, 0.4) is 0 Å². The Morgan fingerprint density at radius 2 is 1.81 bits per heavy atom. The first-order chi connectivity index (χ1) is 12.8. The smallest absolute Gasteiger partial charge is 0.255 e. The number of aryl methyl sites for hydroxylation is 1. The van der Waals surface area contributed by atoms with Crippen LogP contribution in [-0.2, 0) is 10.0 Å². The molecule has 27 heavy (non-hydrogen) atoms. The van der Waals surface area contributed by atoms with Gasteiger partial charge in [0, 0.05) is 36.3 Å². The average Bonchev–Trinajstić information content (AvgIpc) is 3.08. The van der Waals surface area contributed by atoms with Gasteiger partial charge in [0.1, 0.15) is 0 Å². The molecule has 1 amide bonds. The second-order valence-corrected chi connectivity index (χ2v) is 9.31. The lowest BCUT2D eigenvalue weighted by Gasteiger charge is -2.12. The lowest BCUT2D eigenvalue weighted by molar-refractivity contribution is 0.102. The number of hydrogen-bond acceptors (Lipinski definition) is 5. The molecule has 3 rings (SSSR count). The predicted octanol–water partition coefficient (Wildman–Crippen LogP) is 3.62. The van der Waals surface area contributed by atoms with E-state index in [1.54, 1.807) is 17.4 Å². The Labute approximate surface area is 162 Å². The maximum Gasteiger partial charge on any atom is 0.255 e. The highest BCUT2D eigenvalue weighted by molar-refractivity contribution is 7.89. The van der Waals surface area contributed by atoms with Crippen LogP contribution in [0.2, 0.25) is 0 Å². The number of anilines is 1. The van der Waals surface area contributed by atoms with E-state index in [9.17, 15) is 13.2 Å². The summed E-state index contributed by atoms with van der Waals surface area (Å²) >= 11 is 1.57. The maximum absolute atomic E-state index is 12.5. The normalized spacial score (nSPS) is 11.6. The molecular formula is C19H19N3O3S2. The molecular weight excluding hydrogens is 382 g/mol. The summed E-state index contributed by atoms with van der Waals surface area (Å²) in [7, 11) is -0.587. The Balaban J connectivity index is 1.78. The minimum atomic E-state index is -3.52. The Hall–Kier alpha value is -2.55. The van der Waals surface area contributed by atoms with E-state index in [0.717, 1.165) is 20.6 Å². The molecule has 0 unspecified atom stereocenters. The zero-order valence-electron chi connectivity index (χ0n) is 15.1. The van der Waals surface area contributed by atoms with Gasteiger partial charge in [0.15, 0.2) is 0 Å². The molecule has 0 saturated heterocycles. The molecule has 0 radical (unpaired) electrons. The lowest BCUT2D eigenvalue weighted by atomic mass is 10.1. The molecule has 1 N–H and O–H groups in total. The van der Waals surface area contributed by atoms with Crippen molar-refractivity contribution in [2.24, 2.45) is 0 Å². The van der Waals surface area contributed by atoms with Gasteiger partial charge >= 0.3 is 0 Å². The number of nitrogens with zero attached hydrogens (tertiary/aromatic N) is 2. The zero-order chi connectivity index (χ0) is 19.6. The third kappa shape index (κ3) is 4.24. The first-order valence-corrected chi connectivity index (χ1v) is 10.5. The Morgan fingerprint density at radius 3 is 2.41 bits per heavy atom. The van der Waals surface area contributed by atoms with Crippen molar-refractivity contribution in [3.8, 4) is 11.3 Å². The van der Waals surface area contributed by atoms with E-state index in [1.165, 1.54) is 38.4 Å². The molecule has 0 saturated carbocycles. The van der Waals surface area contributed by atoms with Crippen LogP contribution in [0.25, 0.3) is 11.3 Å². The van der Waals surface area contributed by atoms with Crippen LogP contribution in [0.15, 0.2) is 58.8 Å². The number of carbonyl (C=O) groups excluding carboxylic acids is 1. The predicted molar refractivity (Wildman–Crippen MR) is 108 cm³/mol. The standard InChI is InChI=1S/C19H19N3O3S2/c1-13-20-18(12-26-13)15-5-4-6-16(11-15)21-19(23)14-7-9-17(10-8-14)27(24,25)22(2)3/h4-12H,1-3H3,(H,21,23). The highest BCUT2D eigenvalue weighted by Crippen LogP contribution is 2.24. The number of amides is 1. The van der Waals surface area contributed by atoms with Gasteiger partial charge in [0.2, 0.25) is 10.0 Å². The summed E-state index contributed by atoms with van der Waals surface area (Å²) in [5.41, 5.74) is 2.81. The number of thiazole rings is 1. The highest BCUT2D eigenvalue weighted by Gasteiger charge is 2.17.